The van der Waals surface area contributed by atoms with Gasteiger partial charge in [-0.2, -0.15) is 0 Å². The second-order valence-electron chi connectivity index (χ2n) is 7.37. The van der Waals surface area contributed by atoms with Crippen molar-refractivity contribution < 1.29 is 14.4 Å². The Morgan fingerprint density at radius 2 is 1.60 bits per heavy atom. The Labute approximate surface area is 185 Å². The van der Waals surface area contributed by atoms with Crippen molar-refractivity contribution >= 4 is 33.7 Å². The molecule has 7 heteroatoms. The third-order valence-corrected chi connectivity index (χ3v) is 5.79. The van der Waals surface area contributed by atoms with Gasteiger partial charge in [-0.3, -0.25) is 14.4 Å². The summed E-state index contributed by atoms with van der Waals surface area (Å²) in [7, 11) is 0. The van der Waals surface area contributed by atoms with Crippen LogP contribution < -0.4 is 10.6 Å². The lowest BCUT2D eigenvalue weighted by Gasteiger charge is -2.31. The molecular formula is C23H26BrN3O3. The number of carbonyl (C=O) groups is 3. The largest absolute Gasteiger partial charge is 0.352 e. The predicted molar refractivity (Wildman–Crippen MR) is 119 cm³/mol. The monoisotopic (exact) mass is 471 g/mol. The minimum Gasteiger partial charge on any atom is -0.352 e. The number of rotatable bonds is 7. The summed E-state index contributed by atoms with van der Waals surface area (Å²) in [5.41, 5.74) is 1.64. The minimum atomic E-state index is -0.191. The van der Waals surface area contributed by atoms with Gasteiger partial charge in [-0.1, -0.05) is 46.3 Å². The molecule has 2 aromatic carbocycles. The molecule has 0 aliphatic carbocycles. The number of halogens is 1. The summed E-state index contributed by atoms with van der Waals surface area (Å²) in [6.45, 7) is 1.97. The number of hydrogen-bond donors (Lipinski definition) is 2. The highest BCUT2D eigenvalue weighted by molar-refractivity contribution is 9.10. The molecule has 1 aliphatic rings. The highest BCUT2D eigenvalue weighted by Gasteiger charge is 2.27. The summed E-state index contributed by atoms with van der Waals surface area (Å²) in [6, 6.07) is 16.9. The number of likely N-dealkylation sites (tertiary alicyclic amines) is 1. The zero-order chi connectivity index (χ0) is 21.3. The van der Waals surface area contributed by atoms with Crippen LogP contribution in [-0.4, -0.2) is 42.3 Å². The second-order valence-corrected chi connectivity index (χ2v) is 8.29. The first-order chi connectivity index (χ1) is 14.5. The van der Waals surface area contributed by atoms with Gasteiger partial charge in [0.05, 0.1) is 0 Å². The highest BCUT2D eigenvalue weighted by Crippen LogP contribution is 2.18. The average molecular weight is 472 g/mol. The fourth-order valence-electron chi connectivity index (χ4n) is 3.46. The third kappa shape index (κ3) is 6.42. The molecule has 1 fully saturated rings. The molecule has 0 atom stereocenters. The molecule has 0 spiro atoms. The molecule has 3 amide bonds. The van der Waals surface area contributed by atoms with Crippen LogP contribution in [-0.2, 0) is 16.1 Å². The van der Waals surface area contributed by atoms with E-state index in [0.717, 1.165) is 10.0 Å². The van der Waals surface area contributed by atoms with Crippen molar-refractivity contribution in [2.75, 3.05) is 19.6 Å². The van der Waals surface area contributed by atoms with Crippen LogP contribution in [0.2, 0.25) is 0 Å². The maximum atomic E-state index is 12.4. The summed E-state index contributed by atoms with van der Waals surface area (Å²) in [5.74, 6) is -0.194. The molecular weight excluding hydrogens is 446 g/mol. The zero-order valence-corrected chi connectivity index (χ0v) is 18.4. The molecule has 0 unspecified atom stereocenters. The van der Waals surface area contributed by atoms with Crippen LogP contribution in [0.15, 0.2) is 59.1 Å². The number of nitrogens with zero attached hydrogens (tertiary/aromatic N) is 1. The number of amides is 3. The Bertz CT molecular complexity index is 863. The van der Waals surface area contributed by atoms with Crippen LogP contribution in [0, 0.1) is 5.92 Å². The van der Waals surface area contributed by atoms with Gasteiger partial charge in [0.25, 0.3) is 5.91 Å². The number of piperidine rings is 1. The van der Waals surface area contributed by atoms with Gasteiger partial charge >= 0.3 is 0 Å². The van der Waals surface area contributed by atoms with Crippen molar-refractivity contribution in [3.63, 3.8) is 0 Å². The van der Waals surface area contributed by atoms with Crippen LogP contribution in [0.5, 0.6) is 0 Å². The fraction of sp³-hybridized carbons (Fsp3) is 0.348. The second kappa shape index (κ2) is 10.9. The summed E-state index contributed by atoms with van der Waals surface area (Å²) in [5, 5.41) is 5.77. The van der Waals surface area contributed by atoms with E-state index < -0.39 is 0 Å². The van der Waals surface area contributed by atoms with Crippen LogP contribution >= 0.6 is 15.9 Å². The van der Waals surface area contributed by atoms with Crippen LogP contribution in [0.1, 0.15) is 35.2 Å². The average Bonchev–Trinajstić information content (AvgIpc) is 2.78. The Morgan fingerprint density at radius 3 is 2.27 bits per heavy atom. The van der Waals surface area contributed by atoms with Gasteiger partial charge in [-0.25, -0.2) is 0 Å². The SMILES string of the molecule is O=C(NCCC(=O)N1CCC(C(=O)NCc2ccccc2)CC1)c1ccc(Br)cc1. The highest BCUT2D eigenvalue weighted by atomic mass is 79.9. The van der Waals surface area contributed by atoms with Crippen LogP contribution in [0.3, 0.4) is 0 Å². The lowest BCUT2D eigenvalue weighted by atomic mass is 9.95. The molecule has 30 heavy (non-hydrogen) atoms. The molecule has 3 rings (SSSR count). The predicted octanol–water partition coefficient (Wildman–Crippen LogP) is 3.12. The maximum absolute atomic E-state index is 12.4. The van der Waals surface area contributed by atoms with Crippen molar-refractivity contribution in [2.45, 2.75) is 25.8 Å². The van der Waals surface area contributed by atoms with Crippen LogP contribution in [0.25, 0.3) is 0 Å². The molecule has 2 N–H and O–H groups in total. The van der Waals surface area contributed by atoms with Crippen LogP contribution in [0.4, 0.5) is 0 Å². The number of hydrogen-bond acceptors (Lipinski definition) is 3. The molecule has 1 saturated heterocycles. The quantitative estimate of drug-likeness (QED) is 0.650. The molecule has 0 bridgehead atoms. The molecule has 6 nitrogen and oxygen atoms in total. The Balaban J connectivity index is 1.35. The van der Waals surface area contributed by atoms with E-state index in [1.54, 1.807) is 29.2 Å². The van der Waals surface area contributed by atoms with E-state index in [1.807, 2.05) is 30.3 Å². The molecule has 0 saturated carbocycles. The van der Waals surface area contributed by atoms with Gasteiger partial charge in [-0.15, -0.1) is 0 Å². The van der Waals surface area contributed by atoms with E-state index in [9.17, 15) is 14.4 Å². The van der Waals surface area contributed by atoms with Gasteiger partial charge in [-0.05, 0) is 42.7 Å². The number of carbonyl (C=O) groups excluding carboxylic acids is 3. The standard InChI is InChI=1S/C23H26BrN3O3/c24-20-8-6-18(7-9-20)22(29)25-13-10-21(28)27-14-11-19(12-15-27)23(30)26-16-17-4-2-1-3-5-17/h1-9,19H,10-16H2,(H,25,29)(H,26,30). The summed E-state index contributed by atoms with van der Waals surface area (Å²) in [4.78, 5) is 38.7. The van der Waals surface area contributed by atoms with E-state index in [4.69, 9.17) is 0 Å². The summed E-state index contributed by atoms with van der Waals surface area (Å²) in [6.07, 6.45) is 1.59. The van der Waals surface area contributed by atoms with Gasteiger partial charge in [0.2, 0.25) is 11.8 Å². The lowest BCUT2D eigenvalue weighted by molar-refractivity contribution is -0.135. The molecule has 158 valence electrons. The smallest absolute Gasteiger partial charge is 0.251 e. The van der Waals surface area contributed by atoms with Gasteiger partial charge < -0.3 is 15.5 Å². The first kappa shape index (κ1) is 22.0. The van der Waals surface area contributed by atoms with E-state index in [-0.39, 0.29) is 30.1 Å². The Hall–Kier alpha value is -2.67. The molecule has 0 radical (unpaired) electrons. The normalized spacial score (nSPS) is 14.2. The third-order valence-electron chi connectivity index (χ3n) is 5.26. The minimum absolute atomic E-state index is 0.00856. The van der Waals surface area contributed by atoms with Gasteiger partial charge in [0, 0.05) is 48.6 Å². The van der Waals surface area contributed by atoms with E-state index in [2.05, 4.69) is 26.6 Å². The van der Waals surface area contributed by atoms with Crippen molar-refractivity contribution in [2.24, 2.45) is 5.92 Å². The summed E-state index contributed by atoms with van der Waals surface area (Å²) < 4.78 is 0.909. The Kier molecular flexibility index (Phi) is 8.02. The number of nitrogens with one attached hydrogen (secondary N) is 2. The van der Waals surface area contributed by atoms with E-state index in [1.165, 1.54) is 0 Å². The van der Waals surface area contributed by atoms with E-state index in [0.29, 0.717) is 44.6 Å². The molecule has 0 aromatic heterocycles. The lowest BCUT2D eigenvalue weighted by Crippen LogP contribution is -2.43. The Morgan fingerprint density at radius 1 is 0.933 bits per heavy atom. The number of benzene rings is 2. The molecule has 1 aliphatic heterocycles. The summed E-state index contributed by atoms with van der Waals surface area (Å²) >= 11 is 3.34. The first-order valence-electron chi connectivity index (χ1n) is 10.2. The topological polar surface area (TPSA) is 78.5 Å². The van der Waals surface area contributed by atoms with E-state index >= 15 is 0 Å². The van der Waals surface area contributed by atoms with Crippen molar-refractivity contribution in [3.05, 3.63) is 70.2 Å². The van der Waals surface area contributed by atoms with Gasteiger partial charge in [0.15, 0.2) is 0 Å². The van der Waals surface area contributed by atoms with Crippen molar-refractivity contribution in [3.8, 4) is 0 Å². The molecule has 1 heterocycles. The zero-order valence-electron chi connectivity index (χ0n) is 16.8. The fourth-order valence-corrected chi connectivity index (χ4v) is 3.73. The van der Waals surface area contributed by atoms with Crippen molar-refractivity contribution in [1.29, 1.82) is 0 Å². The van der Waals surface area contributed by atoms with Crippen molar-refractivity contribution in [1.82, 2.24) is 15.5 Å². The van der Waals surface area contributed by atoms with Gasteiger partial charge in [0.1, 0.15) is 0 Å². The first-order valence-corrected chi connectivity index (χ1v) is 11.0. The maximum Gasteiger partial charge on any atom is 0.251 e. The molecule has 2 aromatic rings.